The van der Waals surface area contributed by atoms with Crippen LogP contribution in [0.25, 0.3) is 0 Å². The van der Waals surface area contributed by atoms with Gasteiger partial charge in [-0.15, -0.1) is 0 Å². The number of rotatable bonds is 4. The molecule has 0 fully saturated rings. The fourth-order valence-corrected chi connectivity index (χ4v) is 1.01. The van der Waals surface area contributed by atoms with Crippen LogP contribution in [0.3, 0.4) is 0 Å². The molecule has 0 rings (SSSR count). The Labute approximate surface area is 79.1 Å². The van der Waals surface area contributed by atoms with Gasteiger partial charge in [-0.25, -0.2) is 0 Å². The Bertz CT molecular complexity index is 113. The average molecular weight is 196 g/mol. The minimum atomic E-state index is -0.656. The molecule has 0 aliphatic rings. The van der Waals surface area contributed by atoms with Gasteiger partial charge in [0.05, 0.1) is 5.92 Å². The minimum absolute atomic E-state index is 0. The molecule has 0 aromatic carbocycles. The van der Waals surface area contributed by atoms with Crippen molar-refractivity contribution in [2.45, 2.75) is 33.6 Å². The summed E-state index contributed by atoms with van der Waals surface area (Å²) < 4.78 is 0. The molecule has 0 aliphatic carbocycles. The Kier molecular flexibility index (Phi) is 8.27. The maximum Gasteiger partial charge on any atom is 0.306 e. The molecule has 2 nitrogen and oxygen atoms in total. The summed E-state index contributed by atoms with van der Waals surface area (Å²) in [5.41, 5.74) is 0. The molecule has 0 aromatic heterocycles. The second kappa shape index (κ2) is 6.70. The summed E-state index contributed by atoms with van der Waals surface area (Å²) in [6.07, 6.45) is 1.54. The van der Waals surface area contributed by atoms with E-state index in [-0.39, 0.29) is 23.3 Å². The van der Waals surface area contributed by atoms with Gasteiger partial charge in [0.2, 0.25) is 0 Å². The number of carboxylic acid groups (broad SMARTS) is 1. The van der Waals surface area contributed by atoms with Gasteiger partial charge in [0.15, 0.2) is 0 Å². The molecule has 0 aromatic rings. The quantitative estimate of drug-likeness (QED) is 0.748. The van der Waals surface area contributed by atoms with Crippen LogP contribution in [0.2, 0.25) is 0 Å². The molecule has 0 aliphatic heterocycles. The summed E-state index contributed by atoms with van der Waals surface area (Å²) in [5.74, 6) is -0.308. The zero-order chi connectivity index (χ0) is 8.15. The smallest absolute Gasteiger partial charge is 0.306 e. The van der Waals surface area contributed by atoms with E-state index in [0.717, 1.165) is 12.8 Å². The van der Waals surface area contributed by atoms with Crippen molar-refractivity contribution in [3.8, 4) is 0 Å². The normalized spacial score (nSPS) is 12.4. The predicted octanol–water partition coefficient (Wildman–Crippen LogP) is 2.14. The van der Waals surface area contributed by atoms with Crippen molar-refractivity contribution in [3.63, 3.8) is 0 Å². The van der Waals surface area contributed by atoms with Crippen molar-refractivity contribution < 1.29 is 27.3 Å². The number of carbonyl (C=O) groups is 1. The van der Waals surface area contributed by atoms with Gasteiger partial charge in [-0.05, 0) is 18.8 Å². The van der Waals surface area contributed by atoms with E-state index in [4.69, 9.17) is 5.11 Å². The first kappa shape index (κ1) is 13.6. The van der Waals surface area contributed by atoms with Crippen LogP contribution in [0.1, 0.15) is 33.6 Å². The van der Waals surface area contributed by atoms with Crippen LogP contribution in [0.4, 0.5) is 0 Å². The van der Waals surface area contributed by atoms with Gasteiger partial charge >= 0.3 is 5.97 Å². The topological polar surface area (TPSA) is 37.3 Å². The molecule has 0 saturated heterocycles. The van der Waals surface area contributed by atoms with Gasteiger partial charge in [0.25, 0.3) is 0 Å². The van der Waals surface area contributed by atoms with E-state index >= 15 is 0 Å². The van der Waals surface area contributed by atoms with E-state index < -0.39 is 5.97 Å². The molecular formula is C8H16CrO2. The second-order valence-corrected chi connectivity index (χ2v) is 3.07. The summed E-state index contributed by atoms with van der Waals surface area (Å²) in [6, 6.07) is 0. The Balaban J connectivity index is 0. The van der Waals surface area contributed by atoms with E-state index in [2.05, 4.69) is 0 Å². The fourth-order valence-electron chi connectivity index (χ4n) is 1.01. The summed E-state index contributed by atoms with van der Waals surface area (Å²) in [4.78, 5) is 10.5. The van der Waals surface area contributed by atoms with Gasteiger partial charge in [-0.1, -0.05) is 20.8 Å². The monoisotopic (exact) mass is 196 g/mol. The Morgan fingerprint density at radius 2 is 1.91 bits per heavy atom. The molecule has 0 amide bonds. The zero-order valence-electron chi connectivity index (χ0n) is 7.33. The van der Waals surface area contributed by atoms with E-state index in [1.807, 2.05) is 20.8 Å². The van der Waals surface area contributed by atoms with Gasteiger partial charge in [0.1, 0.15) is 0 Å². The molecule has 0 bridgehead atoms. The minimum Gasteiger partial charge on any atom is -0.481 e. The molecule has 3 heteroatoms. The molecular weight excluding hydrogens is 180 g/mol. The third-order valence-corrected chi connectivity index (χ3v) is 1.60. The number of hydrogen-bond acceptors (Lipinski definition) is 1. The van der Waals surface area contributed by atoms with Gasteiger partial charge in [0, 0.05) is 17.4 Å². The summed E-state index contributed by atoms with van der Waals surface area (Å²) in [6.45, 7) is 6.01. The molecule has 0 saturated carbocycles. The van der Waals surface area contributed by atoms with E-state index in [1.165, 1.54) is 0 Å². The van der Waals surface area contributed by atoms with E-state index in [1.54, 1.807) is 0 Å². The summed E-state index contributed by atoms with van der Waals surface area (Å²) >= 11 is 0. The third kappa shape index (κ3) is 6.40. The van der Waals surface area contributed by atoms with Gasteiger partial charge in [-0.3, -0.25) is 4.79 Å². The molecule has 1 atom stereocenters. The van der Waals surface area contributed by atoms with E-state index in [0.29, 0.717) is 5.92 Å². The van der Waals surface area contributed by atoms with Crippen LogP contribution in [0, 0.1) is 11.8 Å². The van der Waals surface area contributed by atoms with Crippen molar-refractivity contribution in [2.75, 3.05) is 0 Å². The predicted molar refractivity (Wildman–Crippen MR) is 40.9 cm³/mol. The molecule has 0 heterocycles. The maximum absolute atomic E-state index is 10.5. The third-order valence-electron chi connectivity index (χ3n) is 1.60. The molecule has 66 valence electrons. The number of carboxylic acids is 1. The molecule has 0 radical (unpaired) electrons. The van der Waals surface area contributed by atoms with Crippen LogP contribution in [-0.2, 0) is 22.2 Å². The molecule has 1 unspecified atom stereocenters. The van der Waals surface area contributed by atoms with Crippen LogP contribution in [0.5, 0.6) is 0 Å². The van der Waals surface area contributed by atoms with Crippen LogP contribution in [0.15, 0.2) is 0 Å². The first-order valence-electron chi connectivity index (χ1n) is 3.80. The van der Waals surface area contributed by atoms with Gasteiger partial charge < -0.3 is 5.11 Å². The number of aliphatic carboxylic acids is 1. The number of hydrogen-bond donors (Lipinski definition) is 1. The molecule has 11 heavy (non-hydrogen) atoms. The Morgan fingerprint density at radius 3 is 2.00 bits per heavy atom. The zero-order valence-corrected chi connectivity index (χ0v) is 8.61. The standard InChI is InChI=1S/C8H16O2.Cr/c1-4-7(8(9)10)5-6(2)3;/h6-7H,4-5H2,1-3H3,(H,9,10);. The van der Waals surface area contributed by atoms with Crippen molar-refractivity contribution in [1.82, 2.24) is 0 Å². The van der Waals surface area contributed by atoms with Crippen LogP contribution >= 0.6 is 0 Å². The SMILES string of the molecule is CCC(CC(C)C)C(=O)O.[Cr]. The first-order valence-corrected chi connectivity index (χ1v) is 3.80. The molecule has 1 N–H and O–H groups in total. The fraction of sp³-hybridized carbons (Fsp3) is 0.875. The first-order chi connectivity index (χ1) is 4.57. The van der Waals surface area contributed by atoms with Gasteiger partial charge in [-0.2, -0.15) is 0 Å². The molecule has 0 spiro atoms. The maximum atomic E-state index is 10.5. The largest absolute Gasteiger partial charge is 0.481 e. The Morgan fingerprint density at radius 1 is 1.45 bits per heavy atom. The summed E-state index contributed by atoms with van der Waals surface area (Å²) in [5, 5.41) is 8.62. The van der Waals surface area contributed by atoms with Crippen LogP contribution < -0.4 is 0 Å². The van der Waals surface area contributed by atoms with E-state index in [9.17, 15) is 4.79 Å². The average Bonchev–Trinajstić information content (AvgIpc) is 1.81. The second-order valence-electron chi connectivity index (χ2n) is 3.07. The summed E-state index contributed by atoms with van der Waals surface area (Å²) in [7, 11) is 0. The van der Waals surface area contributed by atoms with Crippen molar-refractivity contribution in [2.24, 2.45) is 11.8 Å². The Hall–Kier alpha value is 0.00247. The van der Waals surface area contributed by atoms with Crippen molar-refractivity contribution in [1.29, 1.82) is 0 Å². The van der Waals surface area contributed by atoms with Crippen molar-refractivity contribution in [3.05, 3.63) is 0 Å². The van der Waals surface area contributed by atoms with Crippen LogP contribution in [-0.4, -0.2) is 11.1 Å². The van der Waals surface area contributed by atoms with Crippen molar-refractivity contribution >= 4 is 5.97 Å².